The number of urea groups is 1. The fraction of sp³-hybridized carbons (Fsp3) is 0.310. The Morgan fingerprint density at radius 3 is 2.61 bits per heavy atom. The molecule has 9 heteroatoms. The molecule has 1 fully saturated rings. The number of aryl methyl sites for hydroxylation is 2. The van der Waals surface area contributed by atoms with Gasteiger partial charge in [-0.2, -0.15) is 0 Å². The summed E-state index contributed by atoms with van der Waals surface area (Å²) in [4.78, 5) is 19.6. The van der Waals surface area contributed by atoms with E-state index in [2.05, 4.69) is 38.4 Å². The van der Waals surface area contributed by atoms with Crippen LogP contribution in [-0.2, 0) is 6.42 Å². The van der Waals surface area contributed by atoms with Gasteiger partial charge in [-0.25, -0.2) is 4.79 Å². The summed E-state index contributed by atoms with van der Waals surface area (Å²) in [5.41, 5.74) is 4.33. The van der Waals surface area contributed by atoms with Gasteiger partial charge in [0.2, 0.25) is 0 Å². The smallest absolute Gasteiger partial charge is 0.309 e. The number of nitrogens with one attached hydrogen (secondary N) is 2. The molecule has 2 aromatic heterocycles. The van der Waals surface area contributed by atoms with Gasteiger partial charge >= 0.3 is 6.03 Å². The Hall–Kier alpha value is -3.49. The van der Waals surface area contributed by atoms with E-state index in [-0.39, 0.29) is 6.03 Å². The maximum atomic E-state index is 13.2. The quantitative estimate of drug-likeness (QED) is 0.279. The average Bonchev–Trinajstić information content (AvgIpc) is 3.65. The topological polar surface area (TPSA) is 84.2 Å². The molecule has 1 atom stereocenters. The van der Waals surface area contributed by atoms with Crippen molar-refractivity contribution in [1.82, 2.24) is 20.1 Å². The number of aromatic nitrogens is 3. The van der Waals surface area contributed by atoms with Gasteiger partial charge in [-0.15, -0.1) is 21.5 Å². The number of thiophene rings is 1. The number of anilines is 1. The number of halogens is 1. The van der Waals surface area contributed by atoms with Crippen LogP contribution < -0.4 is 10.6 Å². The monoisotopic (exact) mass is 544 g/mol. The highest BCUT2D eigenvalue weighted by atomic mass is 35.5. The maximum absolute atomic E-state index is 13.2. The molecular weight excluding hydrogens is 516 g/mol. The van der Waals surface area contributed by atoms with E-state index in [0.717, 1.165) is 52.5 Å². The van der Waals surface area contributed by atoms with Crippen LogP contribution in [0.25, 0.3) is 5.00 Å². The molecule has 0 radical (unpaired) electrons. The maximum Gasteiger partial charge on any atom is 0.321 e. The Balaban J connectivity index is 1.49. The number of carbonyl (C=O) groups excluding carboxylic acids is 1. The Kier molecular flexibility index (Phi) is 6.76. The molecule has 38 heavy (non-hydrogen) atoms. The summed E-state index contributed by atoms with van der Waals surface area (Å²) in [5, 5.41) is 17.0. The molecule has 3 heterocycles. The zero-order chi connectivity index (χ0) is 26.2. The predicted octanol–water partition coefficient (Wildman–Crippen LogP) is 7.18. The standard InChI is InChI=1S/C29H29ClN6OS/c1-3-20-16-22-24(21-13-6-7-14-23(21)30)32-25(33-29(37)31-19-12-8-9-17(2)15-19)27-35-34-26(18-10-4-5-11-18)36(27)28(22)38-20/h6-9,12-16,18,25H,3-5,10-11H2,1-2H3,(H2,31,33,37). The highest BCUT2D eigenvalue weighted by Gasteiger charge is 2.34. The van der Waals surface area contributed by atoms with Gasteiger partial charge in [0.1, 0.15) is 10.8 Å². The van der Waals surface area contributed by atoms with Gasteiger partial charge in [0, 0.05) is 32.6 Å². The van der Waals surface area contributed by atoms with Gasteiger partial charge < -0.3 is 10.6 Å². The van der Waals surface area contributed by atoms with E-state index in [4.69, 9.17) is 16.6 Å². The predicted molar refractivity (Wildman–Crippen MR) is 153 cm³/mol. The molecule has 1 saturated carbocycles. The third-order valence-electron chi connectivity index (χ3n) is 7.18. The van der Waals surface area contributed by atoms with Crippen LogP contribution in [0.15, 0.2) is 59.6 Å². The average molecular weight is 545 g/mol. The van der Waals surface area contributed by atoms with E-state index in [0.29, 0.717) is 22.5 Å². The lowest BCUT2D eigenvalue weighted by molar-refractivity contribution is 0.248. The minimum absolute atomic E-state index is 0.333. The van der Waals surface area contributed by atoms with Gasteiger partial charge in [-0.3, -0.25) is 9.56 Å². The highest BCUT2D eigenvalue weighted by molar-refractivity contribution is 7.15. The summed E-state index contributed by atoms with van der Waals surface area (Å²) in [6.07, 6.45) is 4.70. The van der Waals surface area contributed by atoms with Crippen molar-refractivity contribution in [2.24, 2.45) is 4.99 Å². The van der Waals surface area contributed by atoms with Gasteiger partial charge in [0.05, 0.1) is 5.71 Å². The van der Waals surface area contributed by atoms with Crippen molar-refractivity contribution < 1.29 is 4.79 Å². The van der Waals surface area contributed by atoms with E-state index >= 15 is 0 Å². The third-order valence-corrected chi connectivity index (χ3v) is 8.77. The Bertz CT molecular complexity index is 1530. The molecule has 1 aliphatic carbocycles. The van der Waals surface area contributed by atoms with Gasteiger partial charge in [-0.05, 0) is 56.0 Å². The normalized spacial score (nSPS) is 16.9. The first kappa shape index (κ1) is 24.8. The fourth-order valence-corrected chi connectivity index (χ4v) is 6.66. The number of nitrogens with zero attached hydrogens (tertiary/aromatic N) is 4. The number of rotatable bonds is 5. The van der Waals surface area contributed by atoms with E-state index in [9.17, 15) is 4.79 Å². The molecule has 0 saturated heterocycles. The van der Waals surface area contributed by atoms with Crippen molar-refractivity contribution in [2.75, 3.05) is 5.32 Å². The molecule has 2 amide bonds. The summed E-state index contributed by atoms with van der Waals surface area (Å²) in [6.45, 7) is 4.15. The summed E-state index contributed by atoms with van der Waals surface area (Å²) >= 11 is 8.43. The van der Waals surface area contributed by atoms with Gasteiger partial charge in [0.25, 0.3) is 0 Å². The molecule has 0 bridgehead atoms. The van der Waals surface area contributed by atoms with E-state index < -0.39 is 6.17 Å². The lowest BCUT2D eigenvalue weighted by atomic mass is 10.0. The molecule has 1 aliphatic heterocycles. The molecule has 4 aromatic rings. The van der Waals surface area contributed by atoms with Crippen LogP contribution in [0.1, 0.15) is 77.9 Å². The lowest BCUT2D eigenvalue weighted by Gasteiger charge is -2.16. The molecule has 6 rings (SSSR count). The number of carbonyl (C=O) groups is 1. The Morgan fingerprint density at radius 1 is 1.05 bits per heavy atom. The SMILES string of the molecule is CCc1cc2c(s1)-n1c(C3CCCC3)nnc1C(NC(=O)Nc1cccc(C)c1)N=C2c1ccccc1Cl. The molecule has 2 aromatic carbocycles. The number of amides is 2. The number of benzene rings is 2. The number of hydrogen-bond acceptors (Lipinski definition) is 5. The fourth-order valence-electron chi connectivity index (χ4n) is 5.32. The molecule has 194 valence electrons. The Labute approximate surface area is 231 Å². The summed E-state index contributed by atoms with van der Waals surface area (Å²) in [7, 11) is 0. The summed E-state index contributed by atoms with van der Waals surface area (Å²) in [6, 6.07) is 17.2. The van der Waals surface area contributed by atoms with E-state index in [1.807, 2.05) is 55.5 Å². The van der Waals surface area contributed by atoms with Crippen LogP contribution in [0.5, 0.6) is 0 Å². The van der Waals surface area contributed by atoms with E-state index in [1.54, 1.807) is 11.3 Å². The molecule has 7 nitrogen and oxygen atoms in total. The molecule has 0 spiro atoms. The zero-order valence-corrected chi connectivity index (χ0v) is 22.9. The van der Waals surface area contributed by atoms with Crippen molar-refractivity contribution in [2.45, 2.75) is 58.0 Å². The number of fused-ring (bicyclic) bond motifs is 3. The zero-order valence-electron chi connectivity index (χ0n) is 21.4. The van der Waals surface area contributed by atoms with Crippen molar-refractivity contribution >= 4 is 40.4 Å². The first-order chi connectivity index (χ1) is 18.5. The second-order valence-electron chi connectivity index (χ2n) is 9.85. The lowest BCUT2D eigenvalue weighted by Crippen LogP contribution is -2.33. The number of hydrogen-bond donors (Lipinski definition) is 2. The van der Waals surface area contributed by atoms with Gasteiger partial charge in [-0.1, -0.05) is 61.7 Å². The van der Waals surface area contributed by atoms with Crippen LogP contribution in [0.3, 0.4) is 0 Å². The first-order valence-electron chi connectivity index (χ1n) is 13.1. The largest absolute Gasteiger partial charge is 0.321 e. The molecule has 1 unspecified atom stereocenters. The van der Waals surface area contributed by atoms with Crippen LogP contribution in [0, 0.1) is 6.92 Å². The second-order valence-corrected chi connectivity index (χ2v) is 11.4. The third kappa shape index (κ3) is 4.63. The van der Waals surface area contributed by atoms with Crippen molar-refractivity contribution in [1.29, 1.82) is 0 Å². The van der Waals surface area contributed by atoms with Crippen molar-refractivity contribution in [3.05, 3.63) is 92.8 Å². The van der Waals surface area contributed by atoms with Crippen molar-refractivity contribution in [3.8, 4) is 5.00 Å². The second kappa shape index (κ2) is 10.3. The molecular formula is C29H29ClN6OS. The van der Waals surface area contributed by atoms with Crippen LogP contribution in [0.4, 0.5) is 10.5 Å². The van der Waals surface area contributed by atoms with Gasteiger partial charge in [0.15, 0.2) is 12.0 Å². The molecule has 2 aliphatic rings. The summed E-state index contributed by atoms with van der Waals surface area (Å²) in [5.74, 6) is 1.89. The minimum Gasteiger partial charge on any atom is -0.309 e. The van der Waals surface area contributed by atoms with Crippen LogP contribution >= 0.6 is 22.9 Å². The summed E-state index contributed by atoms with van der Waals surface area (Å²) < 4.78 is 2.15. The minimum atomic E-state index is -0.751. The van der Waals surface area contributed by atoms with Crippen molar-refractivity contribution in [3.63, 3.8) is 0 Å². The van der Waals surface area contributed by atoms with Crippen LogP contribution in [-0.4, -0.2) is 26.5 Å². The van der Waals surface area contributed by atoms with Crippen LogP contribution in [0.2, 0.25) is 5.02 Å². The Morgan fingerprint density at radius 2 is 1.84 bits per heavy atom. The molecule has 2 N–H and O–H groups in total. The number of aliphatic imine (C=N–C) groups is 1. The highest BCUT2D eigenvalue weighted by Crippen LogP contribution is 2.41. The van der Waals surface area contributed by atoms with E-state index in [1.165, 1.54) is 17.7 Å². The first-order valence-corrected chi connectivity index (χ1v) is 14.3.